The molecule has 176 valence electrons. The van der Waals surface area contributed by atoms with Gasteiger partial charge in [-0.3, -0.25) is 0 Å². The molecular formula is C28H52O2. The molecule has 0 radical (unpaired) electrons. The molecule has 0 amide bonds. The standard InChI is InChI=1S/C22H36O2.C4H10.C2H6/c1-6-17(7-2)18-13-15-20(16-14-18)24-21(22(3,4)5)23-19-11-9-8-10-12-19;1-4(2)3;1-2/h13-17,19,21H,6-12H2,1-5H3;4H,1-3H3;1-2H3. The van der Waals surface area contributed by atoms with Crippen LogP contribution in [0, 0.1) is 11.3 Å². The number of rotatable bonds is 7. The van der Waals surface area contributed by atoms with Gasteiger partial charge >= 0.3 is 0 Å². The van der Waals surface area contributed by atoms with Crippen molar-refractivity contribution in [1.82, 2.24) is 0 Å². The fraction of sp³-hybridized carbons (Fsp3) is 0.786. The highest BCUT2D eigenvalue weighted by molar-refractivity contribution is 5.29. The van der Waals surface area contributed by atoms with Crippen LogP contribution in [0.2, 0.25) is 0 Å². The Hall–Kier alpha value is -1.02. The molecule has 0 aliphatic heterocycles. The van der Waals surface area contributed by atoms with Gasteiger partial charge in [0.2, 0.25) is 6.29 Å². The van der Waals surface area contributed by atoms with Crippen LogP contribution in [0.1, 0.15) is 126 Å². The average Bonchev–Trinajstić information content (AvgIpc) is 2.71. The van der Waals surface area contributed by atoms with Gasteiger partial charge in [-0.15, -0.1) is 0 Å². The normalized spacial score (nSPS) is 15.7. The first-order chi connectivity index (χ1) is 14.2. The molecule has 2 nitrogen and oxygen atoms in total. The largest absolute Gasteiger partial charge is 0.464 e. The third kappa shape index (κ3) is 12.0. The Bertz CT molecular complexity index is 500. The van der Waals surface area contributed by atoms with Crippen molar-refractivity contribution >= 4 is 0 Å². The lowest BCUT2D eigenvalue weighted by Crippen LogP contribution is -2.38. The molecule has 0 saturated heterocycles. The predicted molar refractivity (Wildman–Crippen MR) is 133 cm³/mol. The average molecular weight is 421 g/mol. The molecule has 30 heavy (non-hydrogen) atoms. The summed E-state index contributed by atoms with van der Waals surface area (Å²) in [6.07, 6.45) is 8.78. The summed E-state index contributed by atoms with van der Waals surface area (Å²) in [4.78, 5) is 0. The summed E-state index contributed by atoms with van der Waals surface area (Å²) < 4.78 is 12.6. The number of ether oxygens (including phenoxy) is 2. The maximum atomic E-state index is 6.36. The second-order valence-corrected chi connectivity index (χ2v) is 10.0. The molecule has 0 bridgehead atoms. The Kier molecular flexibility index (Phi) is 15.2. The zero-order chi connectivity index (χ0) is 23.2. The van der Waals surface area contributed by atoms with Crippen molar-refractivity contribution in [3.05, 3.63) is 29.8 Å². The third-order valence-electron chi connectivity index (χ3n) is 5.16. The lowest BCUT2D eigenvalue weighted by Gasteiger charge is -2.35. The van der Waals surface area contributed by atoms with Crippen LogP contribution in [0.3, 0.4) is 0 Å². The Labute approximate surface area is 189 Å². The van der Waals surface area contributed by atoms with Crippen molar-refractivity contribution in [1.29, 1.82) is 0 Å². The Balaban J connectivity index is 0.00000125. The van der Waals surface area contributed by atoms with Gasteiger partial charge < -0.3 is 9.47 Å². The summed E-state index contributed by atoms with van der Waals surface area (Å²) in [6, 6.07) is 8.65. The van der Waals surface area contributed by atoms with E-state index in [1.807, 2.05) is 13.8 Å². The fourth-order valence-electron chi connectivity index (χ4n) is 3.49. The van der Waals surface area contributed by atoms with Gasteiger partial charge in [0, 0.05) is 5.41 Å². The van der Waals surface area contributed by atoms with Crippen LogP contribution in [-0.4, -0.2) is 12.4 Å². The van der Waals surface area contributed by atoms with Crippen molar-refractivity contribution < 1.29 is 9.47 Å². The molecule has 2 rings (SSSR count). The van der Waals surface area contributed by atoms with E-state index in [-0.39, 0.29) is 11.7 Å². The summed E-state index contributed by atoms with van der Waals surface area (Å²) in [5.74, 6) is 2.40. The van der Waals surface area contributed by atoms with E-state index in [0.717, 1.165) is 11.7 Å². The Morgan fingerprint density at radius 2 is 1.33 bits per heavy atom. The molecule has 2 heteroatoms. The van der Waals surface area contributed by atoms with Crippen molar-refractivity contribution in [2.24, 2.45) is 11.3 Å². The first-order valence-corrected chi connectivity index (χ1v) is 12.6. The summed E-state index contributed by atoms with van der Waals surface area (Å²) in [7, 11) is 0. The van der Waals surface area contributed by atoms with Crippen LogP contribution >= 0.6 is 0 Å². The molecule has 1 fully saturated rings. The van der Waals surface area contributed by atoms with E-state index < -0.39 is 0 Å². The zero-order valence-electron chi connectivity index (χ0n) is 21.9. The van der Waals surface area contributed by atoms with E-state index in [1.165, 1.54) is 50.5 Å². The number of hydrogen-bond donors (Lipinski definition) is 0. The van der Waals surface area contributed by atoms with Gasteiger partial charge in [-0.25, -0.2) is 0 Å². The molecule has 0 N–H and O–H groups in total. The van der Waals surface area contributed by atoms with Gasteiger partial charge in [-0.1, -0.05) is 101 Å². The van der Waals surface area contributed by atoms with Gasteiger partial charge in [0.25, 0.3) is 0 Å². The van der Waals surface area contributed by atoms with Gasteiger partial charge in [0.1, 0.15) is 5.75 Å². The monoisotopic (exact) mass is 420 g/mol. The number of hydrogen-bond acceptors (Lipinski definition) is 2. The van der Waals surface area contributed by atoms with Crippen LogP contribution in [0.5, 0.6) is 5.75 Å². The lowest BCUT2D eigenvalue weighted by atomic mass is 9.93. The fourth-order valence-corrected chi connectivity index (χ4v) is 3.49. The van der Waals surface area contributed by atoms with Gasteiger partial charge in [0.15, 0.2) is 0 Å². The molecule has 0 aromatic heterocycles. The van der Waals surface area contributed by atoms with E-state index in [1.54, 1.807) is 0 Å². The lowest BCUT2D eigenvalue weighted by molar-refractivity contribution is -0.177. The summed E-state index contributed by atoms with van der Waals surface area (Å²) in [6.45, 7) is 21.6. The zero-order valence-corrected chi connectivity index (χ0v) is 21.9. The minimum Gasteiger partial charge on any atom is -0.464 e. The minimum atomic E-state index is -0.195. The summed E-state index contributed by atoms with van der Waals surface area (Å²) in [5, 5.41) is 0. The first kappa shape index (κ1) is 29.0. The maximum Gasteiger partial charge on any atom is 0.204 e. The van der Waals surface area contributed by atoms with Crippen molar-refractivity contribution in [3.63, 3.8) is 0 Å². The topological polar surface area (TPSA) is 18.5 Å². The second-order valence-electron chi connectivity index (χ2n) is 10.0. The molecule has 1 unspecified atom stereocenters. The van der Waals surface area contributed by atoms with Crippen LogP contribution < -0.4 is 4.74 Å². The summed E-state index contributed by atoms with van der Waals surface area (Å²) >= 11 is 0. The van der Waals surface area contributed by atoms with Crippen LogP contribution in [0.15, 0.2) is 24.3 Å². The molecule has 1 aliphatic carbocycles. The molecular weight excluding hydrogens is 368 g/mol. The first-order valence-electron chi connectivity index (χ1n) is 12.6. The van der Waals surface area contributed by atoms with Gasteiger partial charge in [0.05, 0.1) is 6.10 Å². The molecule has 1 atom stereocenters. The minimum absolute atomic E-state index is 0.0362. The van der Waals surface area contributed by atoms with Crippen molar-refractivity contribution in [2.45, 2.75) is 132 Å². The molecule has 0 heterocycles. The highest BCUT2D eigenvalue weighted by Crippen LogP contribution is 2.31. The van der Waals surface area contributed by atoms with E-state index in [4.69, 9.17) is 9.47 Å². The maximum absolute atomic E-state index is 6.36. The highest BCUT2D eigenvalue weighted by atomic mass is 16.7. The highest BCUT2D eigenvalue weighted by Gasteiger charge is 2.31. The van der Waals surface area contributed by atoms with E-state index in [9.17, 15) is 0 Å². The Morgan fingerprint density at radius 1 is 0.867 bits per heavy atom. The smallest absolute Gasteiger partial charge is 0.204 e. The van der Waals surface area contributed by atoms with Crippen LogP contribution in [-0.2, 0) is 4.74 Å². The second kappa shape index (κ2) is 15.7. The van der Waals surface area contributed by atoms with E-state index in [0.29, 0.717) is 12.0 Å². The molecule has 1 aliphatic rings. The van der Waals surface area contributed by atoms with Crippen molar-refractivity contribution in [3.8, 4) is 5.75 Å². The van der Waals surface area contributed by atoms with E-state index >= 15 is 0 Å². The van der Waals surface area contributed by atoms with Gasteiger partial charge in [-0.05, 0) is 55.2 Å². The molecule has 1 saturated carbocycles. The van der Waals surface area contributed by atoms with Gasteiger partial charge in [-0.2, -0.15) is 0 Å². The number of benzene rings is 1. The van der Waals surface area contributed by atoms with Crippen LogP contribution in [0.4, 0.5) is 0 Å². The Morgan fingerprint density at radius 3 is 1.73 bits per heavy atom. The molecule has 0 spiro atoms. The molecule has 1 aromatic rings. The van der Waals surface area contributed by atoms with E-state index in [2.05, 4.69) is 79.7 Å². The van der Waals surface area contributed by atoms with Crippen LogP contribution in [0.25, 0.3) is 0 Å². The predicted octanol–water partition coefficient (Wildman–Crippen LogP) is 9.38. The molecule has 1 aromatic carbocycles. The summed E-state index contributed by atoms with van der Waals surface area (Å²) in [5.41, 5.74) is 1.37. The van der Waals surface area contributed by atoms with Crippen molar-refractivity contribution in [2.75, 3.05) is 0 Å². The quantitative estimate of drug-likeness (QED) is 0.409. The SMILES string of the molecule is CC.CC(C)C.CCC(CC)c1ccc(OC(OC2CCCCC2)C(C)(C)C)cc1. The third-order valence-corrected chi connectivity index (χ3v) is 5.16.